The van der Waals surface area contributed by atoms with Gasteiger partial charge in [-0.15, -0.1) is 0 Å². The van der Waals surface area contributed by atoms with E-state index in [1.54, 1.807) is 6.92 Å². The van der Waals surface area contributed by atoms with Crippen molar-refractivity contribution >= 4 is 15.6 Å². The molecule has 0 fully saturated rings. The highest BCUT2D eigenvalue weighted by atomic mass is 32.2. The lowest BCUT2D eigenvalue weighted by Crippen LogP contribution is -2.09. The minimum atomic E-state index is -3.20. The molecule has 0 aliphatic rings. The van der Waals surface area contributed by atoms with Crippen molar-refractivity contribution in [3.63, 3.8) is 0 Å². The smallest absolute Gasteiger partial charge is 0.188 e. The van der Waals surface area contributed by atoms with Crippen molar-refractivity contribution < 1.29 is 17.9 Å². The third kappa shape index (κ3) is 3.43. The fourth-order valence-electron chi connectivity index (χ4n) is 1.17. The monoisotopic (exact) mass is 242 g/mol. The molecule has 1 aromatic carbocycles. The second kappa shape index (κ2) is 5.23. The molecule has 0 heterocycles. The van der Waals surface area contributed by atoms with Crippen LogP contribution in [0.2, 0.25) is 0 Å². The molecule has 0 N–H and O–H groups in total. The van der Waals surface area contributed by atoms with Crippen LogP contribution < -0.4 is 0 Å². The predicted molar refractivity (Wildman–Crippen MR) is 60.4 cm³/mol. The molecule has 0 saturated carbocycles. The molecule has 1 rings (SSSR count). The van der Waals surface area contributed by atoms with Gasteiger partial charge in [-0.25, -0.2) is 8.42 Å². The summed E-state index contributed by atoms with van der Waals surface area (Å²) in [5.74, 6) is -0.151. The molecule has 0 atom stereocenters. The zero-order chi connectivity index (χ0) is 12.2. The highest BCUT2D eigenvalue weighted by Crippen LogP contribution is 2.10. The number of ketones is 1. The highest BCUT2D eigenvalue weighted by molar-refractivity contribution is 7.90. The van der Waals surface area contributed by atoms with Crippen molar-refractivity contribution in [2.24, 2.45) is 0 Å². The van der Waals surface area contributed by atoms with Crippen LogP contribution >= 0.6 is 0 Å². The Morgan fingerprint density at radius 3 is 2.25 bits per heavy atom. The van der Waals surface area contributed by atoms with Gasteiger partial charge in [0.05, 0.1) is 4.90 Å². The Bertz CT molecular complexity index is 459. The van der Waals surface area contributed by atoms with E-state index in [2.05, 4.69) is 0 Å². The van der Waals surface area contributed by atoms with Crippen LogP contribution in [0.15, 0.2) is 29.2 Å². The number of hydrogen-bond donors (Lipinski definition) is 0. The molecule has 0 bridgehead atoms. The maximum absolute atomic E-state index is 11.5. The Labute approximate surface area is 95.2 Å². The summed E-state index contributed by atoms with van der Waals surface area (Å²) in [5, 5.41) is 0. The van der Waals surface area contributed by atoms with Crippen LogP contribution in [0.25, 0.3) is 0 Å². The molecule has 1 aromatic rings. The van der Waals surface area contributed by atoms with Gasteiger partial charge in [-0.3, -0.25) is 4.79 Å². The van der Waals surface area contributed by atoms with Gasteiger partial charge in [0, 0.05) is 18.4 Å². The summed E-state index contributed by atoms with van der Waals surface area (Å²) < 4.78 is 27.3. The van der Waals surface area contributed by atoms with Crippen LogP contribution in [-0.4, -0.2) is 33.7 Å². The maximum Gasteiger partial charge on any atom is 0.188 e. The first kappa shape index (κ1) is 12.9. The Morgan fingerprint density at radius 1 is 1.25 bits per heavy atom. The van der Waals surface area contributed by atoms with Crippen molar-refractivity contribution in [2.45, 2.75) is 11.8 Å². The number of hydrogen-bond acceptors (Lipinski definition) is 4. The summed E-state index contributed by atoms with van der Waals surface area (Å²) in [7, 11) is -3.20. The number of ether oxygens (including phenoxy) is 1. The Hall–Kier alpha value is -1.20. The average Bonchev–Trinajstić information content (AvgIpc) is 2.25. The first-order valence-electron chi connectivity index (χ1n) is 4.86. The molecule has 0 aliphatic heterocycles. The molecular formula is C11H14O4S. The number of Topliss-reactive ketones (excluding diaryl/α,β-unsaturated/α-hetero) is 1. The minimum Gasteiger partial charge on any atom is -0.374 e. The van der Waals surface area contributed by atoms with E-state index >= 15 is 0 Å². The Kier molecular flexibility index (Phi) is 4.20. The first-order valence-corrected chi connectivity index (χ1v) is 6.75. The van der Waals surface area contributed by atoms with Crippen LogP contribution in [0.5, 0.6) is 0 Å². The Balaban J connectivity index is 2.83. The molecule has 16 heavy (non-hydrogen) atoms. The normalized spacial score (nSPS) is 11.4. The SMILES string of the molecule is CCOCC(=O)c1ccc(S(C)(=O)=O)cc1. The lowest BCUT2D eigenvalue weighted by Gasteiger charge is -2.02. The van der Waals surface area contributed by atoms with Gasteiger partial charge in [-0.05, 0) is 19.1 Å². The molecule has 0 radical (unpaired) electrons. The molecule has 4 nitrogen and oxygen atoms in total. The molecule has 0 amide bonds. The van der Waals surface area contributed by atoms with Crippen LogP contribution in [-0.2, 0) is 14.6 Å². The van der Waals surface area contributed by atoms with Gasteiger partial charge in [0.25, 0.3) is 0 Å². The molecule has 0 aliphatic carbocycles. The van der Waals surface area contributed by atoms with Crippen molar-refractivity contribution in [1.29, 1.82) is 0 Å². The van der Waals surface area contributed by atoms with Gasteiger partial charge < -0.3 is 4.74 Å². The maximum atomic E-state index is 11.5. The summed E-state index contributed by atoms with van der Waals surface area (Å²) in [5.41, 5.74) is 0.459. The third-order valence-electron chi connectivity index (χ3n) is 2.04. The van der Waals surface area contributed by atoms with Gasteiger partial charge in [-0.1, -0.05) is 12.1 Å². The molecule has 0 spiro atoms. The summed E-state index contributed by atoms with van der Waals surface area (Å²) in [6, 6.07) is 5.85. The largest absolute Gasteiger partial charge is 0.374 e. The summed E-state index contributed by atoms with van der Waals surface area (Å²) in [6.45, 7) is 2.31. The zero-order valence-corrected chi connectivity index (χ0v) is 10.1. The van der Waals surface area contributed by atoms with E-state index in [9.17, 15) is 13.2 Å². The van der Waals surface area contributed by atoms with Crippen LogP contribution in [0, 0.1) is 0 Å². The van der Waals surface area contributed by atoms with Crippen molar-refractivity contribution in [1.82, 2.24) is 0 Å². The standard InChI is InChI=1S/C11H14O4S/c1-3-15-8-11(12)9-4-6-10(7-5-9)16(2,13)14/h4-7H,3,8H2,1-2H3. The number of benzene rings is 1. The van der Waals surface area contributed by atoms with E-state index in [-0.39, 0.29) is 17.3 Å². The van der Waals surface area contributed by atoms with E-state index in [1.165, 1.54) is 24.3 Å². The van der Waals surface area contributed by atoms with Gasteiger partial charge in [0.2, 0.25) is 0 Å². The van der Waals surface area contributed by atoms with Gasteiger partial charge in [0.1, 0.15) is 6.61 Å². The molecular weight excluding hydrogens is 228 g/mol. The van der Waals surface area contributed by atoms with Gasteiger partial charge in [-0.2, -0.15) is 0 Å². The van der Waals surface area contributed by atoms with Crippen molar-refractivity contribution in [3.05, 3.63) is 29.8 Å². The van der Waals surface area contributed by atoms with Crippen LogP contribution in [0.1, 0.15) is 17.3 Å². The lowest BCUT2D eigenvalue weighted by atomic mass is 10.1. The summed E-state index contributed by atoms with van der Waals surface area (Å²) in [4.78, 5) is 11.7. The molecule has 0 saturated heterocycles. The number of rotatable bonds is 5. The topological polar surface area (TPSA) is 60.4 Å². The molecule has 5 heteroatoms. The third-order valence-corrected chi connectivity index (χ3v) is 3.17. The summed E-state index contributed by atoms with van der Waals surface area (Å²) >= 11 is 0. The van der Waals surface area contributed by atoms with E-state index in [4.69, 9.17) is 4.74 Å². The first-order chi connectivity index (χ1) is 7.45. The Morgan fingerprint density at radius 2 is 1.81 bits per heavy atom. The fraction of sp³-hybridized carbons (Fsp3) is 0.364. The van der Waals surface area contributed by atoms with E-state index in [1.807, 2.05) is 0 Å². The molecule has 0 unspecified atom stereocenters. The van der Waals surface area contributed by atoms with Gasteiger partial charge >= 0.3 is 0 Å². The van der Waals surface area contributed by atoms with Crippen LogP contribution in [0.3, 0.4) is 0 Å². The number of sulfone groups is 1. The predicted octanol–water partition coefficient (Wildman–Crippen LogP) is 1.31. The number of carbonyl (C=O) groups is 1. The highest BCUT2D eigenvalue weighted by Gasteiger charge is 2.09. The second-order valence-corrected chi connectivity index (χ2v) is 5.37. The lowest BCUT2D eigenvalue weighted by molar-refractivity contribution is 0.0783. The van der Waals surface area contributed by atoms with Gasteiger partial charge in [0.15, 0.2) is 15.6 Å². The second-order valence-electron chi connectivity index (χ2n) is 3.36. The van der Waals surface area contributed by atoms with Crippen molar-refractivity contribution in [3.8, 4) is 0 Å². The number of carbonyl (C=O) groups excluding carboxylic acids is 1. The quantitative estimate of drug-likeness (QED) is 0.730. The molecule has 0 aromatic heterocycles. The zero-order valence-electron chi connectivity index (χ0n) is 9.26. The van der Waals surface area contributed by atoms with Crippen molar-refractivity contribution in [2.75, 3.05) is 19.5 Å². The minimum absolute atomic E-state index is 0.0225. The molecule has 88 valence electrons. The van der Waals surface area contributed by atoms with Crippen LogP contribution in [0.4, 0.5) is 0 Å². The van der Waals surface area contributed by atoms with E-state index in [0.717, 1.165) is 6.26 Å². The average molecular weight is 242 g/mol. The van der Waals surface area contributed by atoms with E-state index in [0.29, 0.717) is 12.2 Å². The van der Waals surface area contributed by atoms with E-state index < -0.39 is 9.84 Å². The summed E-state index contributed by atoms with van der Waals surface area (Å²) in [6.07, 6.45) is 1.13. The fourth-order valence-corrected chi connectivity index (χ4v) is 1.80.